The Hall–Kier alpha value is -2.09. The number of nitriles is 1. The minimum absolute atomic E-state index is 0.0439. The van der Waals surface area contributed by atoms with Crippen LogP contribution in [0.1, 0.15) is 0 Å². The number of anilines is 1. The smallest absolute Gasteiger partial charge is 0.240 e. The van der Waals surface area contributed by atoms with Gasteiger partial charge in [-0.3, -0.25) is 4.79 Å². The molecule has 0 aliphatic rings. The van der Waals surface area contributed by atoms with Crippen molar-refractivity contribution in [3.63, 3.8) is 0 Å². The number of benzene rings is 1. The lowest BCUT2D eigenvalue weighted by Crippen LogP contribution is -2.30. The van der Waals surface area contributed by atoms with E-state index in [1.54, 1.807) is 18.2 Å². The van der Waals surface area contributed by atoms with Gasteiger partial charge in [0, 0.05) is 0 Å². The molecule has 0 saturated heterocycles. The third-order valence-corrected chi connectivity index (χ3v) is 1.68. The fourth-order valence-corrected chi connectivity index (χ4v) is 0.981. The molecule has 1 amide bonds. The van der Waals surface area contributed by atoms with E-state index in [1.165, 1.54) is 12.1 Å². The number of nitrogens with one attached hydrogen (secondary N) is 2. The number of hydrogen-bond acceptors (Lipinski definition) is 3. The van der Waals surface area contributed by atoms with E-state index in [4.69, 9.17) is 5.26 Å². The maximum Gasteiger partial charge on any atom is 0.240 e. The first-order valence-electron chi connectivity index (χ1n) is 4.36. The summed E-state index contributed by atoms with van der Waals surface area (Å²) >= 11 is 0. The molecule has 0 unspecified atom stereocenters. The molecule has 0 fully saturated rings. The Morgan fingerprint density at radius 3 is 2.87 bits per heavy atom. The Morgan fingerprint density at radius 1 is 1.47 bits per heavy atom. The second-order valence-corrected chi connectivity index (χ2v) is 2.77. The van der Waals surface area contributed by atoms with Crippen LogP contribution in [0.5, 0.6) is 0 Å². The number of carbonyl (C=O) groups excluding carboxylic acids is 1. The van der Waals surface area contributed by atoms with Crippen LogP contribution in [-0.2, 0) is 4.79 Å². The fourth-order valence-electron chi connectivity index (χ4n) is 0.981. The van der Waals surface area contributed by atoms with Crippen LogP contribution in [0.4, 0.5) is 10.1 Å². The summed E-state index contributed by atoms with van der Waals surface area (Å²) in [5, 5.41) is 13.2. The van der Waals surface area contributed by atoms with Crippen molar-refractivity contribution in [1.82, 2.24) is 5.32 Å². The summed E-state index contributed by atoms with van der Waals surface area (Å²) in [7, 11) is 0. The number of rotatable bonds is 4. The average molecular weight is 207 g/mol. The first kappa shape index (κ1) is 11.0. The van der Waals surface area contributed by atoms with Crippen LogP contribution < -0.4 is 10.6 Å². The predicted octanol–water partition coefficient (Wildman–Crippen LogP) is 0.877. The van der Waals surface area contributed by atoms with Crippen LogP contribution in [0.25, 0.3) is 0 Å². The predicted molar refractivity (Wildman–Crippen MR) is 53.5 cm³/mol. The van der Waals surface area contributed by atoms with Crippen molar-refractivity contribution >= 4 is 11.6 Å². The molecule has 1 aromatic rings. The average Bonchev–Trinajstić information content (AvgIpc) is 2.25. The molecule has 0 heterocycles. The van der Waals surface area contributed by atoms with E-state index >= 15 is 0 Å². The number of nitrogens with zero attached hydrogens (tertiary/aromatic N) is 1. The Labute approximate surface area is 86.7 Å². The topological polar surface area (TPSA) is 64.9 Å². The molecular formula is C10H10FN3O. The van der Waals surface area contributed by atoms with E-state index in [1.807, 2.05) is 0 Å². The molecule has 0 spiro atoms. The van der Waals surface area contributed by atoms with E-state index < -0.39 is 5.82 Å². The second-order valence-electron chi connectivity index (χ2n) is 2.77. The van der Waals surface area contributed by atoms with Crippen molar-refractivity contribution in [2.24, 2.45) is 0 Å². The van der Waals surface area contributed by atoms with E-state index in [2.05, 4.69) is 10.6 Å². The third-order valence-electron chi connectivity index (χ3n) is 1.68. The quantitative estimate of drug-likeness (QED) is 0.720. The summed E-state index contributed by atoms with van der Waals surface area (Å²) in [6.45, 7) is -0.0968. The van der Waals surface area contributed by atoms with E-state index in [0.717, 1.165) is 0 Å². The van der Waals surface area contributed by atoms with Crippen molar-refractivity contribution in [2.75, 3.05) is 18.4 Å². The fraction of sp³-hybridized carbons (Fsp3) is 0.200. The van der Waals surface area contributed by atoms with Gasteiger partial charge in [-0.1, -0.05) is 12.1 Å². The van der Waals surface area contributed by atoms with Gasteiger partial charge in [0.05, 0.1) is 18.3 Å². The minimum atomic E-state index is -0.411. The van der Waals surface area contributed by atoms with Crippen LogP contribution in [0.2, 0.25) is 0 Å². The Bertz CT molecular complexity index is 386. The highest BCUT2D eigenvalue weighted by Crippen LogP contribution is 2.11. The zero-order valence-corrected chi connectivity index (χ0v) is 7.96. The lowest BCUT2D eigenvalue weighted by Gasteiger charge is -2.06. The van der Waals surface area contributed by atoms with Gasteiger partial charge in [0.25, 0.3) is 0 Å². The lowest BCUT2D eigenvalue weighted by atomic mass is 10.3. The molecule has 0 bridgehead atoms. The molecule has 1 rings (SSSR count). The molecule has 0 aliphatic carbocycles. The summed E-state index contributed by atoms with van der Waals surface area (Å²) in [5.41, 5.74) is 0.268. The SMILES string of the molecule is N#CCNC(=O)CNc1ccccc1F. The highest BCUT2D eigenvalue weighted by atomic mass is 19.1. The first-order chi connectivity index (χ1) is 7.24. The summed E-state index contributed by atoms with van der Waals surface area (Å²) in [6.07, 6.45) is 0. The molecule has 78 valence electrons. The Kier molecular flexibility index (Phi) is 4.10. The standard InChI is InChI=1S/C10H10FN3O/c11-8-3-1-2-4-9(8)14-7-10(15)13-6-5-12/h1-4,14H,6-7H2,(H,13,15). The van der Waals surface area contributed by atoms with Gasteiger partial charge in [0.15, 0.2) is 0 Å². The van der Waals surface area contributed by atoms with Gasteiger partial charge < -0.3 is 10.6 Å². The molecule has 0 aromatic heterocycles. The number of para-hydroxylation sites is 1. The molecule has 4 nitrogen and oxygen atoms in total. The van der Waals surface area contributed by atoms with Gasteiger partial charge >= 0.3 is 0 Å². The van der Waals surface area contributed by atoms with Crippen molar-refractivity contribution in [3.8, 4) is 6.07 Å². The molecule has 0 radical (unpaired) electrons. The van der Waals surface area contributed by atoms with Crippen molar-refractivity contribution < 1.29 is 9.18 Å². The second kappa shape index (κ2) is 5.60. The zero-order chi connectivity index (χ0) is 11.1. The number of halogens is 1. The highest BCUT2D eigenvalue weighted by Gasteiger charge is 2.02. The van der Waals surface area contributed by atoms with Crippen LogP contribution in [0.15, 0.2) is 24.3 Å². The Balaban J connectivity index is 2.41. The largest absolute Gasteiger partial charge is 0.374 e. The summed E-state index contributed by atoms with van der Waals surface area (Å²) < 4.78 is 13.0. The molecule has 0 aliphatic heterocycles. The minimum Gasteiger partial charge on any atom is -0.374 e. The van der Waals surface area contributed by atoms with Gasteiger partial charge in [-0.25, -0.2) is 4.39 Å². The molecule has 0 saturated carbocycles. The summed E-state index contributed by atoms with van der Waals surface area (Å²) in [5.74, 6) is -0.759. The number of amides is 1. The van der Waals surface area contributed by atoms with E-state index in [-0.39, 0.29) is 24.7 Å². The van der Waals surface area contributed by atoms with Gasteiger partial charge in [-0.15, -0.1) is 0 Å². The normalized spacial score (nSPS) is 9.07. The van der Waals surface area contributed by atoms with Crippen LogP contribution in [0, 0.1) is 17.1 Å². The first-order valence-corrected chi connectivity index (χ1v) is 4.36. The molecule has 0 atom stereocenters. The van der Waals surface area contributed by atoms with Gasteiger partial charge in [0.1, 0.15) is 12.4 Å². The number of carbonyl (C=O) groups is 1. The van der Waals surface area contributed by atoms with Crippen LogP contribution >= 0.6 is 0 Å². The summed E-state index contributed by atoms with van der Waals surface area (Å²) in [6, 6.07) is 7.84. The maximum absolute atomic E-state index is 13.0. The number of hydrogen-bond donors (Lipinski definition) is 2. The van der Waals surface area contributed by atoms with Gasteiger partial charge in [-0.05, 0) is 12.1 Å². The van der Waals surface area contributed by atoms with Crippen LogP contribution in [-0.4, -0.2) is 19.0 Å². The van der Waals surface area contributed by atoms with Gasteiger partial charge in [0.2, 0.25) is 5.91 Å². The Morgan fingerprint density at radius 2 is 2.20 bits per heavy atom. The lowest BCUT2D eigenvalue weighted by molar-refractivity contribution is -0.119. The zero-order valence-electron chi connectivity index (χ0n) is 7.96. The van der Waals surface area contributed by atoms with Crippen molar-refractivity contribution in [1.29, 1.82) is 5.26 Å². The van der Waals surface area contributed by atoms with Crippen LogP contribution in [0.3, 0.4) is 0 Å². The molecule has 1 aromatic carbocycles. The molecule has 5 heteroatoms. The monoisotopic (exact) mass is 207 g/mol. The maximum atomic E-state index is 13.0. The van der Waals surface area contributed by atoms with E-state index in [0.29, 0.717) is 0 Å². The molecular weight excluding hydrogens is 197 g/mol. The van der Waals surface area contributed by atoms with Crippen molar-refractivity contribution in [2.45, 2.75) is 0 Å². The third kappa shape index (κ3) is 3.65. The molecule has 15 heavy (non-hydrogen) atoms. The van der Waals surface area contributed by atoms with E-state index in [9.17, 15) is 9.18 Å². The molecule has 2 N–H and O–H groups in total. The summed E-state index contributed by atoms with van der Waals surface area (Å²) in [4.78, 5) is 11.0. The highest BCUT2D eigenvalue weighted by molar-refractivity contribution is 5.80. The van der Waals surface area contributed by atoms with Crippen molar-refractivity contribution in [3.05, 3.63) is 30.1 Å². The van der Waals surface area contributed by atoms with Gasteiger partial charge in [-0.2, -0.15) is 5.26 Å².